The third kappa shape index (κ3) is 2.45. The molecule has 1 saturated heterocycles. The highest BCUT2D eigenvalue weighted by atomic mass is 16.6. The normalized spacial score (nSPS) is 27.2. The lowest BCUT2D eigenvalue weighted by atomic mass is 10.1. The third-order valence-electron chi connectivity index (χ3n) is 4.02. The molecular formula is C16H14N2O6. The van der Waals surface area contributed by atoms with Gasteiger partial charge in [0.1, 0.15) is 18.8 Å². The van der Waals surface area contributed by atoms with Gasteiger partial charge in [-0.15, -0.1) is 0 Å². The molecule has 0 aliphatic carbocycles. The highest BCUT2D eigenvalue weighted by molar-refractivity contribution is 5.89. The zero-order chi connectivity index (χ0) is 16.7. The van der Waals surface area contributed by atoms with Crippen molar-refractivity contribution >= 4 is 5.97 Å². The Kier molecular flexibility index (Phi) is 3.55. The van der Waals surface area contributed by atoms with E-state index in [1.165, 1.54) is 16.8 Å². The van der Waals surface area contributed by atoms with Gasteiger partial charge in [0, 0.05) is 12.3 Å². The van der Waals surface area contributed by atoms with Crippen LogP contribution in [0, 0.1) is 0 Å². The largest absolute Gasteiger partial charge is 0.459 e. The highest BCUT2D eigenvalue weighted by Crippen LogP contribution is 2.38. The molecule has 8 nitrogen and oxygen atoms in total. The molecule has 1 aromatic heterocycles. The predicted molar refractivity (Wildman–Crippen MR) is 79.6 cm³/mol. The Morgan fingerprint density at radius 1 is 1.29 bits per heavy atom. The van der Waals surface area contributed by atoms with Gasteiger partial charge in [-0.2, -0.15) is 4.98 Å². The number of ether oxygens (including phenoxy) is 3. The molecule has 0 unspecified atom stereocenters. The number of fused-ring (bicyclic) bond motifs is 3. The van der Waals surface area contributed by atoms with Gasteiger partial charge < -0.3 is 19.3 Å². The zero-order valence-corrected chi connectivity index (χ0v) is 12.4. The molecule has 4 rings (SSSR count). The smallest absolute Gasteiger partial charge is 0.338 e. The molecule has 0 spiro atoms. The van der Waals surface area contributed by atoms with Crippen LogP contribution in [0.5, 0.6) is 6.01 Å². The van der Waals surface area contributed by atoms with Crippen molar-refractivity contribution in [3.05, 3.63) is 58.5 Å². The standard InChI is InChI=1S/C16H14N2O6/c19-11-6-7-18-14-13(24-16(18)17-11)12(20)10(23-14)8-22-15(21)9-4-2-1-3-5-9/h1-7,10,12-14,20H,8H2/t10-,12-,13+,14-/m0/s1. The summed E-state index contributed by atoms with van der Waals surface area (Å²) in [4.78, 5) is 26.9. The van der Waals surface area contributed by atoms with Gasteiger partial charge in [0.15, 0.2) is 12.3 Å². The number of hydrogen-bond acceptors (Lipinski definition) is 7. The van der Waals surface area contributed by atoms with E-state index in [1.807, 2.05) is 0 Å². The van der Waals surface area contributed by atoms with Gasteiger partial charge in [0.25, 0.3) is 5.56 Å². The zero-order valence-electron chi connectivity index (χ0n) is 12.4. The number of rotatable bonds is 3. The molecule has 2 aliphatic rings. The van der Waals surface area contributed by atoms with E-state index in [0.29, 0.717) is 5.56 Å². The number of carbonyl (C=O) groups is 1. The van der Waals surface area contributed by atoms with Gasteiger partial charge in [-0.3, -0.25) is 9.36 Å². The van der Waals surface area contributed by atoms with E-state index in [2.05, 4.69) is 4.98 Å². The van der Waals surface area contributed by atoms with Crippen LogP contribution >= 0.6 is 0 Å². The molecule has 4 atom stereocenters. The molecule has 1 aromatic carbocycles. The Hall–Kier alpha value is -2.71. The Labute approximate surface area is 136 Å². The van der Waals surface area contributed by atoms with Crippen molar-refractivity contribution in [1.82, 2.24) is 9.55 Å². The van der Waals surface area contributed by atoms with Crippen molar-refractivity contribution in [3.63, 3.8) is 0 Å². The molecule has 24 heavy (non-hydrogen) atoms. The summed E-state index contributed by atoms with van der Waals surface area (Å²) in [6.07, 6.45) is -1.53. The third-order valence-corrected chi connectivity index (χ3v) is 4.02. The van der Waals surface area contributed by atoms with Crippen LogP contribution in [0.1, 0.15) is 16.6 Å². The molecule has 1 fully saturated rings. The summed E-state index contributed by atoms with van der Waals surface area (Å²) in [5, 5.41) is 10.3. The number of esters is 1. The van der Waals surface area contributed by atoms with Crippen LogP contribution in [0.4, 0.5) is 0 Å². The maximum absolute atomic E-state index is 11.9. The second-order valence-corrected chi connectivity index (χ2v) is 5.56. The Balaban J connectivity index is 1.43. The molecule has 124 valence electrons. The van der Waals surface area contributed by atoms with E-state index in [0.717, 1.165) is 0 Å². The van der Waals surface area contributed by atoms with Crippen LogP contribution in [-0.2, 0) is 9.47 Å². The second kappa shape index (κ2) is 5.73. The molecule has 0 radical (unpaired) electrons. The average Bonchev–Trinajstić information content (AvgIpc) is 3.09. The molecule has 0 saturated carbocycles. The summed E-state index contributed by atoms with van der Waals surface area (Å²) >= 11 is 0. The van der Waals surface area contributed by atoms with Crippen LogP contribution in [0.2, 0.25) is 0 Å². The first kappa shape index (κ1) is 14.9. The van der Waals surface area contributed by atoms with E-state index in [4.69, 9.17) is 14.2 Å². The van der Waals surface area contributed by atoms with Crippen molar-refractivity contribution in [2.75, 3.05) is 6.61 Å². The monoisotopic (exact) mass is 330 g/mol. The van der Waals surface area contributed by atoms with Crippen LogP contribution in [0.3, 0.4) is 0 Å². The van der Waals surface area contributed by atoms with Gasteiger partial charge in [-0.25, -0.2) is 4.79 Å². The summed E-state index contributed by atoms with van der Waals surface area (Å²) in [6.45, 7) is -0.103. The minimum absolute atomic E-state index is 0.103. The molecule has 3 heterocycles. The maximum Gasteiger partial charge on any atom is 0.338 e. The molecular weight excluding hydrogens is 316 g/mol. The van der Waals surface area contributed by atoms with Crippen LogP contribution in [0.25, 0.3) is 0 Å². The highest BCUT2D eigenvalue weighted by Gasteiger charge is 2.51. The number of nitrogens with zero attached hydrogens (tertiary/aromatic N) is 2. The Bertz CT molecular complexity index is 821. The predicted octanol–water partition coefficient (Wildman–Crippen LogP) is 0.120. The van der Waals surface area contributed by atoms with Gasteiger partial charge in [-0.05, 0) is 12.1 Å². The molecule has 0 bridgehead atoms. The summed E-state index contributed by atoms with van der Waals surface area (Å²) in [5.74, 6) is -0.491. The van der Waals surface area contributed by atoms with E-state index in [9.17, 15) is 14.7 Å². The first-order chi connectivity index (χ1) is 11.6. The first-order valence-electron chi connectivity index (χ1n) is 7.45. The maximum atomic E-state index is 11.9. The summed E-state index contributed by atoms with van der Waals surface area (Å²) in [7, 11) is 0. The van der Waals surface area contributed by atoms with Crippen molar-refractivity contribution < 1.29 is 24.1 Å². The van der Waals surface area contributed by atoms with Crippen molar-refractivity contribution in [1.29, 1.82) is 0 Å². The van der Waals surface area contributed by atoms with Crippen LogP contribution in [-0.4, -0.2) is 45.5 Å². The lowest BCUT2D eigenvalue weighted by molar-refractivity contribution is -0.0512. The molecule has 8 heteroatoms. The fourth-order valence-electron chi connectivity index (χ4n) is 2.82. The van der Waals surface area contributed by atoms with Gasteiger partial charge in [0.2, 0.25) is 0 Å². The number of benzene rings is 1. The Morgan fingerprint density at radius 3 is 2.88 bits per heavy atom. The fourth-order valence-corrected chi connectivity index (χ4v) is 2.82. The number of hydrogen-bond donors (Lipinski definition) is 1. The lowest BCUT2D eigenvalue weighted by Gasteiger charge is -2.17. The molecule has 1 N–H and O–H groups in total. The van der Waals surface area contributed by atoms with E-state index in [1.54, 1.807) is 30.3 Å². The van der Waals surface area contributed by atoms with Crippen molar-refractivity contribution in [2.45, 2.75) is 24.5 Å². The SMILES string of the molecule is O=C(OC[C@@H]1O[C@H]2[C@H](Oc3nc(=O)ccn32)[C@H]1O)c1ccccc1. The van der Waals surface area contributed by atoms with E-state index in [-0.39, 0.29) is 12.6 Å². The van der Waals surface area contributed by atoms with E-state index < -0.39 is 36.1 Å². The van der Waals surface area contributed by atoms with Crippen LogP contribution < -0.4 is 10.3 Å². The average molecular weight is 330 g/mol. The van der Waals surface area contributed by atoms with Crippen LogP contribution in [0.15, 0.2) is 47.4 Å². The summed E-state index contributed by atoms with van der Waals surface area (Å²) < 4.78 is 17.9. The van der Waals surface area contributed by atoms with Crippen molar-refractivity contribution in [3.8, 4) is 6.01 Å². The molecule has 0 amide bonds. The van der Waals surface area contributed by atoms with Crippen molar-refractivity contribution in [2.24, 2.45) is 0 Å². The summed E-state index contributed by atoms with van der Waals surface area (Å²) in [6, 6.07) is 9.95. The fraction of sp³-hybridized carbons (Fsp3) is 0.312. The van der Waals surface area contributed by atoms with Gasteiger partial charge in [-0.1, -0.05) is 18.2 Å². The van der Waals surface area contributed by atoms with Gasteiger partial charge >= 0.3 is 12.0 Å². The lowest BCUT2D eigenvalue weighted by Crippen LogP contribution is -2.36. The minimum Gasteiger partial charge on any atom is -0.459 e. The second-order valence-electron chi connectivity index (χ2n) is 5.56. The van der Waals surface area contributed by atoms with Gasteiger partial charge in [0.05, 0.1) is 5.56 Å². The molecule has 2 aliphatic heterocycles. The minimum atomic E-state index is -1.00. The number of carbonyl (C=O) groups excluding carboxylic acids is 1. The Morgan fingerprint density at radius 2 is 2.08 bits per heavy atom. The molecule has 2 aromatic rings. The van der Waals surface area contributed by atoms with E-state index >= 15 is 0 Å². The number of aromatic nitrogens is 2. The quantitative estimate of drug-likeness (QED) is 0.798. The number of aliphatic hydroxyl groups is 1. The summed E-state index contributed by atoms with van der Waals surface area (Å²) in [5.41, 5.74) is -0.00242. The first-order valence-corrected chi connectivity index (χ1v) is 7.45. The number of aliphatic hydroxyl groups excluding tert-OH is 1. The topological polar surface area (TPSA) is 99.9 Å².